The molecular formula is C18H21F3O2. The Balaban J connectivity index is 2.04. The number of alkyl halides is 3. The topological polar surface area (TPSA) is 18.5 Å². The fourth-order valence-corrected chi connectivity index (χ4v) is 2.68. The summed E-state index contributed by atoms with van der Waals surface area (Å²) in [6, 6.07) is 0. The molecule has 126 valence electrons. The summed E-state index contributed by atoms with van der Waals surface area (Å²) in [4.78, 5) is 0. The van der Waals surface area contributed by atoms with Gasteiger partial charge in [-0.05, 0) is 38.3 Å². The van der Waals surface area contributed by atoms with E-state index < -0.39 is 17.7 Å². The van der Waals surface area contributed by atoms with Gasteiger partial charge in [0.05, 0.1) is 0 Å². The van der Waals surface area contributed by atoms with E-state index in [1.807, 2.05) is 6.92 Å². The summed E-state index contributed by atoms with van der Waals surface area (Å²) in [5.74, 6) is 6.71. The van der Waals surface area contributed by atoms with Crippen LogP contribution in [0.15, 0.2) is 35.8 Å². The van der Waals surface area contributed by atoms with Crippen molar-refractivity contribution in [3.63, 3.8) is 0 Å². The van der Waals surface area contributed by atoms with Gasteiger partial charge in [-0.1, -0.05) is 19.4 Å². The quantitative estimate of drug-likeness (QED) is 0.543. The Labute approximate surface area is 135 Å². The van der Waals surface area contributed by atoms with Crippen molar-refractivity contribution >= 4 is 0 Å². The highest BCUT2D eigenvalue weighted by Crippen LogP contribution is 2.39. The van der Waals surface area contributed by atoms with Crippen LogP contribution in [0.2, 0.25) is 0 Å². The van der Waals surface area contributed by atoms with Crippen LogP contribution in [0, 0.1) is 17.8 Å². The van der Waals surface area contributed by atoms with Crippen LogP contribution in [0.3, 0.4) is 0 Å². The van der Waals surface area contributed by atoms with Gasteiger partial charge in [0, 0.05) is 17.9 Å². The van der Waals surface area contributed by atoms with Gasteiger partial charge in [0.15, 0.2) is 0 Å². The minimum atomic E-state index is -4.37. The zero-order valence-electron chi connectivity index (χ0n) is 13.4. The van der Waals surface area contributed by atoms with Gasteiger partial charge in [0.25, 0.3) is 0 Å². The third-order valence-electron chi connectivity index (χ3n) is 3.90. The number of hydrogen-bond acceptors (Lipinski definition) is 2. The standard InChI is InChI=1S/C18H21F3O2/c1-4-6-7-14-8-9-16(22-14)17-11-13(15(5-2)23-17)10-12(3)18(19,20)21/h5,11,13-14,16H,3-4,8-10H2,1-2H3/b15-5+/t13?,14-,16-/m0/s1. The molecule has 2 heterocycles. The minimum absolute atomic E-state index is 0.123. The summed E-state index contributed by atoms with van der Waals surface area (Å²) in [6.45, 7) is 6.86. The van der Waals surface area contributed by atoms with Crippen molar-refractivity contribution in [2.75, 3.05) is 0 Å². The number of halogens is 3. The fourth-order valence-electron chi connectivity index (χ4n) is 2.68. The van der Waals surface area contributed by atoms with Gasteiger partial charge < -0.3 is 9.47 Å². The van der Waals surface area contributed by atoms with Crippen LogP contribution in [0.4, 0.5) is 13.2 Å². The Hall–Kier alpha value is -1.67. The third kappa shape index (κ3) is 4.42. The second kappa shape index (κ2) is 7.27. The lowest BCUT2D eigenvalue weighted by molar-refractivity contribution is -0.0942. The van der Waals surface area contributed by atoms with Crippen LogP contribution < -0.4 is 0 Å². The summed E-state index contributed by atoms with van der Waals surface area (Å²) >= 11 is 0. The van der Waals surface area contributed by atoms with Crippen LogP contribution in [-0.2, 0) is 9.47 Å². The molecule has 2 rings (SSSR count). The molecule has 0 aromatic carbocycles. The van der Waals surface area contributed by atoms with E-state index in [0.29, 0.717) is 11.5 Å². The highest BCUT2D eigenvalue weighted by Gasteiger charge is 2.38. The minimum Gasteiger partial charge on any atom is -0.463 e. The van der Waals surface area contributed by atoms with E-state index in [1.54, 1.807) is 19.1 Å². The van der Waals surface area contributed by atoms with Crippen LogP contribution in [0.5, 0.6) is 0 Å². The molecular weight excluding hydrogens is 305 g/mol. The van der Waals surface area contributed by atoms with Crippen molar-refractivity contribution in [3.05, 3.63) is 35.8 Å². The maximum Gasteiger partial charge on any atom is 0.412 e. The first-order chi connectivity index (χ1) is 10.8. The summed E-state index contributed by atoms with van der Waals surface area (Å²) < 4.78 is 49.6. The zero-order valence-corrected chi connectivity index (χ0v) is 13.4. The van der Waals surface area contributed by atoms with Gasteiger partial charge in [-0.25, -0.2) is 0 Å². The molecule has 0 aromatic heterocycles. The Morgan fingerprint density at radius 1 is 1.43 bits per heavy atom. The zero-order chi connectivity index (χ0) is 17.0. The molecule has 0 spiro atoms. The van der Waals surface area contributed by atoms with Crippen LogP contribution in [0.1, 0.15) is 39.5 Å². The Bertz CT molecular complexity index is 575. The lowest BCUT2D eigenvalue weighted by Crippen LogP contribution is -2.14. The van der Waals surface area contributed by atoms with Gasteiger partial charge >= 0.3 is 6.18 Å². The maximum absolute atomic E-state index is 12.7. The van der Waals surface area contributed by atoms with Crippen molar-refractivity contribution in [1.29, 1.82) is 0 Å². The molecule has 0 bridgehead atoms. The average Bonchev–Trinajstić information content (AvgIpc) is 3.10. The number of rotatable bonds is 3. The lowest BCUT2D eigenvalue weighted by Gasteiger charge is -2.15. The molecule has 0 amide bonds. The van der Waals surface area contributed by atoms with E-state index in [-0.39, 0.29) is 18.6 Å². The molecule has 1 saturated heterocycles. The summed E-state index contributed by atoms with van der Waals surface area (Å²) in [7, 11) is 0. The Morgan fingerprint density at radius 2 is 2.17 bits per heavy atom. The van der Waals surface area contributed by atoms with Gasteiger partial charge in [-0.2, -0.15) is 13.2 Å². The summed E-state index contributed by atoms with van der Waals surface area (Å²) in [5.41, 5.74) is -0.748. The second-order valence-corrected chi connectivity index (χ2v) is 5.64. The van der Waals surface area contributed by atoms with Crippen molar-refractivity contribution in [2.24, 2.45) is 5.92 Å². The predicted molar refractivity (Wildman–Crippen MR) is 82.2 cm³/mol. The molecule has 23 heavy (non-hydrogen) atoms. The average molecular weight is 326 g/mol. The van der Waals surface area contributed by atoms with Crippen LogP contribution in [-0.4, -0.2) is 18.4 Å². The van der Waals surface area contributed by atoms with E-state index in [9.17, 15) is 13.2 Å². The van der Waals surface area contributed by atoms with Gasteiger partial charge in [-0.15, -0.1) is 5.92 Å². The highest BCUT2D eigenvalue weighted by atomic mass is 19.4. The molecule has 0 aromatic rings. The Morgan fingerprint density at radius 3 is 2.78 bits per heavy atom. The summed E-state index contributed by atoms with van der Waals surface area (Å²) in [6.07, 6.45) is 0.843. The molecule has 0 saturated carbocycles. The molecule has 2 aliphatic heterocycles. The largest absolute Gasteiger partial charge is 0.463 e. The molecule has 0 aliphatic carbocycles. The highest BCUT2D eigenvalue weighted by molar-refractivity contribution is 5.25. The molecule has 1 fully saturated rings. The molecule has 2 nitrogen and oxygen atoms in total. The number of allylic oxidation sites excluding steroid dienone is 3. The predicted octanol–water partition coefficient (Wildman–Crippen LogP) is 4.89. The molecule has 2 aliphatic rings. The van der Waals surface area contributed by atoms with Gasteiger partial charge in [0.1, 0.15) is 23.7 Å². The van der Waals surface area contributed by atoms with Crippen molar-refractivity contribution in [2.45, 2.75) is 57.9 Å². The van der Waals surface area contributed by atoms with Crippen LogP contribution >= 0.6 is 0 Å². The monoisotopic (exact) mass is 326 g/mol. The second-order valence-electron chi connectivity index (χ2n) is 5.64. The Kier molecular flexibility index (Phi) is 5.59. The molecule has 5 heteroatoms. The first-order valence-corrected chi connectivity index (χ1v) is 7.79. The maximum atomic E-state index is 12.7. The van der Waals surface area contributed by atoms with E-state index in [2.05, 4.69) is 18.4 Å². The molecule has 0 N–H and O–H groups in total. The lowest BCUT2D eigenvalue weighted by atomic mass is 9.97. The van der Waals surface area contributed by atoms with Gasteiger partial charge in [-0.3, -0.25) is 0 Å². The van der Waals surface area contributed by atoms with E-state index in [0.717, 1.165) is 19.3 Å². The first kappa shape index (κ1) is 17.7. The number of ether oxygens (including phenoxy) is 2. The molecule has 3 atom stereocenters. The SMILES string of the molecule is C=C(CC1C=C([C@@H]2CC[C@H](C#CCC)O2)O/C1=C/C)C(F)(F)F. The van der Waals surface area contributed by atoms with Gasteiger partial charge in [0.2, 0.25) is 0 Å². The van der Waals surface area contributed by atoms with E-state index in [1.165, 1.54) is 0 Å². The van der Waals surface area contributed by atoms with E-state index in [4.69, 9.17) is 9.47 Å². The molecule has 0 radical (unpaired) electrons. The smallest absolute Gasteiger partial charge is 0.412 e. The normalized spacial score (nSPS) is 29.0. The van der Waals surface area contributed by atoms with Crippen LogP contribution in [0.25, 0.3) is 0 Å². The molecule has 1 unspecified atom stereocenters. The third-order valence-corrected chi connectivity index (χ3v) is 3.90. The van der Waals surface area contributed by atoms with Crippen molar-refractivity contribution in [1.82, 2.24) is 0 Å². The van der Waals surface area contributed by atoms with E-state index >= 15 is 0 Å². The first-order valence-electron chi connectivity index (χ1n) is 7.79. The fraction of sp³-hybridized carbons (Fsp3) is 0.556. The van der Waals surface area contributed by atoms with Crippen molar-refractivity contribution < 1.29 is 22.6 Å². The number of hydrogen-bond donors (Lipinski definition) is 0. The van der Waals surface area contributed by atoms with Crippen molar-refractivity contribution in [3.8, 4) is 11.8 Å². The summed E-state index contributed by atoms with van der Waals surface area (Å²) in [5, 5.41) is 0.